The summed E-state index contributed by atoms with van der Waals surface area (Å²) in [5.41, 5.74) is 3.30. The summed E-state index contributed by atoms with van der Waals surface area (Å²) >= 11 is 0. The van der Waals surface area contributed by atoms with E-state index in [9.17, 15) is 0 Å². The minimum atomic E-state index is 0.849. The smallest absolute Gasteiger partial charge is 0.118 e. The average Bonchev–Trinajstić information content (AvgIpc) is 2.54. The summed E-state index contributed by atoms with van der Waals surface area (Å²) in [6.07, 6.45) is 0. The van der Waals surface area contributed by atoms with Crippen molar-refractivity contribution in [1.82, 2.24) is 0 Å². The number of ether oxygens (including phenoxy) is 1. The number of aryl methyl sites for hydroxylation is 1. The molecule has 3 aromatic rings. The minimum absolute atomic E-state index is 0.849. The second-order valence-electron chi connectivity index (χ2n) is 4.99. The summed E-state index contributed by atoms with van der Waals surface area (Å²) in [6.45, 7) is 2.13. The molecule has 0 saturated carbocycles. The lowest BCUT2D eigenvalue weighted by Gasteiger charge is -2.02. The topological polar surface area (TPSA) is 9.23 Å². The molecule has 102 valence electrons. The van der Waals surface area contributed by atoms with Gasteiger partial charge < -0.3 is 4.74 Å². The second-order valence-corrected chi connectivity index (χ2v) is 4.99. The summed E-state index contributed by atoms with van der Waals surface area (Å²) in [5, 5.41) is 2.52. The summed E-state index contributed by atoms with van der Waals surface area (Å²) in [7, 11) is 1.66. The van der Waals surface area contributed by atoms with Gasteiger partial charge in [0.15, 0.2) is 0 Å². The highest BCUT2D eigenvalue weighted by Gasteiger charge is 1.97. The Labute approximate surface area is 125 Å². The zero-order chi connectivity index (χ0) is 14.7. The van der Waals surface area contributed by atoms with Gasteiger partial charge in [-0.1, -0.05) is 36.1 Å². The van der Waals surface area contributed by atoms with E-state index in [2.05, 4.69) is 55.2 Å². The maximum Gasteiger partial charge on any atom is 0.118 e. The maximum atomic E-state index is 5.15. The molecule has 0 unspecified atom stereocenters. The number of benzene rings is 3. The van der Waals surface area contributed by atoms with Crippen molar-refractivity contribution in [1.29, 1.82) is 0 Å². The zero-order valence-electron chi connectivity index (χ0n) is 12.2. The molecule has 0 fully saturated rings. The lowest BCUT2D eigenvalue weighted by atomic mass is 10.0. The molecular formula is C20H16O. The van der Waals surface area contributed by atoms with Gasteiger partial charge in [0, 0.05) is 11.1 Å². The molecular weight excluding hydrogens is 256 g/mol. The van der Waals surface area contributed by atoms with E-state index in [4.69, 9.17) is 4.74 Å². The van der Waals surface area contributed by atoms with E-state index < -0.39 is 0 Å². The molecule has 0 aliphatic heterocycles. The zero-order valence-corrected chi connectivity index (χ0v) is 12.2. The van der Waals surface area contributed by atoms with Crippen LogP contribution in [0.3, 0.4) is 0 Å². The van der Waals surface area contributed by atoms with Crippen LogP contribution in [-0.2, 0) is 0 Å². The van der Waals surface area contributed by atoms with Gasteiger partial charge in [0.05, 0.1) is 7.11 Å². The van der Waals surface area contributed by atoms with Crippen LogP contribution in [0.4, 0.5) is 0 Å². The third-order valence-corrected chi connectivity index (χ3v) is 3.54. The summed E-state index contributed by atoms with van der Waals surface area (Å²) in [4.78, 5) is 0. The SMILES string of the molecule is COc1ccc(C#Cc2ccc3cccc(C)c3c2)cc1. The van der Waals surface area contributed by atoms with Gasteiger partial charge in [-0.15, -0.1) is 0 Å². The van der Waals surface area contributed by atoms with Gasteiger partial charge in [-0.05, 0) is 59.7 Å². The third-order valence-electron chi connectivity index (χ3n) is 3.54. The molecule has 0 bridgehead atoms. The molecule has 0 atom stereocenters. The molecule has 0 aromatic heterocycles. The Morgan fingerprint density at radius 3 is 2.29 bits per heavy atom. The lowest BCUT2D eigenvalue weighted by molar-refractivity contribution is 0.415. The number of fused-ring (bicyclic) bond motifs is 1. The van der Waals surface area contributed by atoms with Crippen molar-refractivity contribution < 1.29 is 4.74 Å². The van der Waals surface area contributed by atoms with E-state index in [1.165, 1.54) is 16.3 Å². The van der Waals surface area contributed by atoms with Gasteiger partial charge >= 0.3 is 0 Å². The highest BCUT2D eigenvalue weighted by molar-refractivity contribution is 5.86. The number of hydrogen-bond donors (Lipinski definition) is 0. The van der Waals surface area contributed by atoms with Gasteiger partial charge in [-0.25, -0.2) is 0 Å². The van der Waals surface area contributed by atoms with Crippen LogP contribution in [0.2, 0.25) is 0 Å². The molecule has 3 rings (SSSR count). The molecule has 0 N–H and O–H groups in total. The molecule has 0 aliphatic carbocycles. The number of methoxy groups -OCH3 is 1. The van der Waals surface area contributed by atoms with Crippen molar-refractivity contribution in [2.45, 2.75) is 6.92 Å². The quantitative estimate of drug-likeness (QED) is 0.590. The Bertz CT molecular complexity index is 833. The molecule has 0 saturated heterocycles. The number of hydrogen-bond acceptors (Lipinski definition) is 1. The highest BCUT2D eigenvalue weighted by Crippen LogP contribution is 2.19. The fourth-order valence-corrected chi connectivity index (χ4v) is 2.33. The van der Waals surface area contributed by atoms with Crippen molar-refractivity contribution in [2.75, 3.05) is 7.11 Å². The second kappa shape index (κ2) is 5.73. The minimum Gasteiger partial charge on any atom is -0.497 e. The Morgan fingerprint density at radius 2 is 1.52 bits per heavy atom. The summed E-state index contributed by atoms with van der Waals surface area (Å²) in [5.74, 6) is 7.27. The number of rotatable bonds is 1. The van der Waals surface area contributed by atoms with E-state index in [1.54, 1.807) is 7.11 Å². The van der Waals surface area contributed by atoms with Gasteiger partial charge in [-0.2, -0.15) is 0 Å². The molecule has 1 nitrogen and oxygen atoms in total. The van der Waals surface area contributed by atoms with Crippen LogP contribution < -0.4 is 4.74 Å². The largest absolute Gasteiger partial charge is 0.497 e. The van der Waals surface area contributed by atoms with E-state index in [0.29, 0.717) is 0 Å². The molecule has 0 aliphatic rings. The fourth-order valence-electron chi connectivity index (χ4n) is 2.33. The van der Waals surface area contributed by atoms with Crippen LogP contribution in [0.15, 0.2) is 60.7 Å². The van der Waals surface area contributed by atoms with Crippen molar-refractivity contribution in [3.63, 3.8) is 0 Å². The first kappa shape index (κ1) is 13.3. The van der Waals surface area contributed by atoms with Crippen LogP contribution >= 0.6 is 0 Å². The molecule has 0 heterocycles. The fraction of sp³-hybridized carbons (Fsp3) is 0.100. The normalized spacial score (nSPS) is 10.0. The lowest BCUT2D eigenvalue weighted by Crippen LogP contribution is -1.83. The third kappa shape index (κ3) is 2.90. The molecule has 21 heavy (non-hydrogen) atoms. The van der Waals surface area contributed by atoms with E-state index in [0.717, 1.165) is 16.9 Å². The van der Waals surface area contributed by atoms with Crippen LogP contribution in [0.1, 0.15) is 16.7 Å². The van der Waals surface area contributed by atoms with Crippen molar-refractivity contribution in [2.24, 2.45) is 0 Å². The Hall–Kier alpha value is -2.72. The average molecular weight is 272 g/mol. The van der Waals surface area contributed by atoms with Gasteiger partial charge in [0.1, 0.15) is 5.75 Å². The van der Waals surface area contributed by atoms with Crippen LogP contribution in [0.5, 0.6) is 5.75 Å². The Kier molecular flexibility index (Phi) is 3.62. The van der Waals surface area contributed by atoms with Crippen molar-refractivity contribution >= 4 is 10.8 Å². The van der Waals surface area contributed by atoms with Gasteiger partial charge in [-0.3, -0.25) is 0 Å². The Morgan fingerprint density at radius 1 is 0.810 bits per heavy atom. The highest BCUT2D eigenvalue weighted by atomic mass is 16.5. The first-order chi connectivity index (χ1) is 10.3. The van der Waals surface area contributed by atoms with Crippen molar-refractivity contribution in [3.8, 4) is 17.6 Å². The van der Waals surface area contributed by atoms with Gasteiger partial charge in [0.25, 0.3) is 0 Å². The van der Waals surface area contributed by atoms with E-state index >= 15 is 0 Å². The molecule has 0 amide bonds. The molecule has 3 aromatic carbocycles. The molecule has 0 spiro atoms. The first-order valence-electron chi connectivity index (χ1n) is 6.92. The monoisotopic (exact) mass is 272 g/mol. The van der Waals surface area contributed by atoms with E-state index in [1.807, 2.05) is 24.3 Å². The van der Waals surface area contributed by atoms with Gasteiger partial charge in [0.2, 0.25) is 0 Å². The standard InChI is InChI=1S/C20H16O/c1-15-4-3-5-18-11-8-17(14-20(15)18)7-6-16-9-12-19(21-2)13-10-16/h3-5,8-14H,1-2H3. The first-order valence-corrected chi connectivity index (χ1v) is 6.92. The van der Waals surface area contributed by atoms with Crippen LogP contribution in [0, 0.1) is 18.8 Å². The van der Waals surface area contributed by atoms with Crippen molar-refractivity contribution in [3.05, 3.63) is 77.4 Å². The predicted molar refractivity (Wildman–Crippen MR) is 87.7 cm³/mol. The summed E-state index contributed by atoms with van der Waals surface area (Å²) in [6, 6.07) is 20.5. The van der Waals surface area contributed by atoms with Crippen LogP contribution in [-0.4, -0.2) is 7.11 Å². The van der Waals surface area contributed by atoms with E-state index in [-0.39, 0.29) is 0 Å². The predicted octanol–water partition coefficient (Wildman–Crippen LogP) is 4.56. The molecule has 1 heteroatoms. The van der Waals surface area contributed by atoms with Crippen LogP contribution in [0.25, 0.3) is 10.8 Å². The molecule has 0 radical (unpaired) electrons. The summed E-state index contributed by atoms with van der Waals surface area (Å²) < 4.78 is 5.15. The maximum absolute atomic E-state index is 5.15. The Balaban J connectivity index is 1.94.